The first-order valence-electron chi connectivity index (χ1n) is 10.5. The average molecular weight is 481 g/mol. The molecule has 8 nitrogen and oxygen atoms in total. The molecular formula is C25H24N2O6S. The van der Waals surface area contributed by atoms with E-state index in [2.05, 4.69) is 5.10 Å². The maximum Gasteiger partial charge on any atom is 0.331 e. The summed E-state index contributed by atoms with van der Waals surface area (Å²) in [7, 11) is 3.13. The molecule has 0 N–H and O–H groups in total. The van der Waals surface area contributed by atoms with Gasteiger partial charge in [-0.25, -0.2) is 9.80 Å². The van der Waals surface area contributed by atoms with Crippen LogP contribution >= 0.6 is 11.3 Å². The van der Waals surface area contributed by atoms with Crippen LogP contribution in [0, 0.1) is 6.92 Å². The topological polar surface area (TPSA) is 90.6 Å². The smallest absolute Gasteiger partial charge is 0.331 e. The number of furan rings is 1. The predicted octanol–water partition coefficient (Wildman–Crippen LogP) is 4.60. The Kier molecular flexibility index (Phi) is 7.12. The fourth-order valence-electron chi connectivity index (χ4n) is 3.59. The number of ether oxygens (including phenoxy) is 3. The summed E-state index contributed by atoms with van der Waals surface area (Å²) in [5.41, 5.74) is 1.63. The van der Waals surface area contributed by atoms with Crippen LogP contribution in [0.25, 0.3) is 6.08 Å². The molecule has 1 amide bonds. The molecule has 0 bridgehead atoms. The average Bonchev–Trinajstić information content (AvgIpc) is 3.61. The molecule has 1 aromatic carbocycles. The third-order valence-electron chi connectivity index (χ3n) is 5.25. The van der Waals surface area contributed by atoms with Crippen LogP contribution in [-0.4, -0.2) is 43.4 Å². The van der Waals surface area contributed by atoms with Crippen molar-refractivity contribution in [2.45, 2.75) is 19.4 Å². The summed E-state index contributed by atoms with van der Waals surface area (Å²) in [4.78, 5) is 26.1. The lowest BCUT2D eigenvalue weighted by molar-refractivity contribution is -0.149. The van der Waals surface area contributed by atoms with Crippen LogP contribution in [0.3, 0.4) is 0 Å². The van der Waals surface area contributed by atoms with Crippen LogP contribution in [0.2, 0.25) is 0 Å². The molecule has 1 atom stereocenters. The highest BCUT2D eigenvalue weighted by molar-refractivity contribution is 7.12. The van der Waals surface area contributed by atoms with Crippen LogP contribution in [-0.2, 0) is 14.3 Å². The van der Waals surface area contributed by atoms with Gasteiger partial charge in [-0.2, -0.15) is 5.10 Å². The molecule has 2 aromatic heterocycles. The lowest BCUT2D eigenvalue weighted by atomic mass is 10.0. The first kappa shape index (κ1) is 23.3. The molecule has 0 radical (unpaired) electrons. The molecule has 0 fully saturated rings. The van der Waals surface area contributed by atoms with Crippen LogP contribution in [0.5, 0.6) is 11.5 Å². The van der Waals surface area contributed by atoms with Gasteiger partial charge in [0.1, 0.15) is 11.5 Å². The van der Waals surface area contributed by atoms with Crippen molar-refractivity contribution in [1.29, 1.82) is 0 Å². The van der Waals surface area contributed by atoms with E-state index in [4.69, 9.17) is 18.6 Å². The number of benzene rings is 1. The fraction of sp³-hybridized carbons (Fsp3) is 0.240. The van der Waals surface area contributed by atoms with E-state index in [1.807, 2.05) is 36.6 Å². The number of methoxy groups -OCH3 is 2. The fourth-order valence-corrected chi connectivity index (χ4v) is 4.31. The van der Waals surface area contributed by atoms with Crippen molar-refractivity contribution in [3.63, 3.8) is 0 Å². The van der Waals surface area contributed by atoms with E-state index in [9.17, 15) is 9.59 Å². The van der Waals surface area contributed by atoms with Gasteiger partial charge in [-0.05, 0) is 54.3 Å². The molecule has 0 saturated heterocycles. The Morgan fingerprint density at radius 3 is 2.68 bits per heavy atom. The molecule has 176 valence electrons. The standard InChI is InChI=1S/C25H24N2O6S/c1-16-6-8-18(33-16)9-11-25(29)32-15-24(28)27-20(14-19(26-27)23-5-4-12-34-23)17-7-10-21(30-2)22(13-17)31-3/h4-13,20H,14-15H2,1-3H3/b11-9+. The molecule has 4 rings (SSSR count). The van der Waals surface area contributed by atoms with E-state index in [0.29, 0.717) is 23.7 Å². The van der Waals surface area contributed by atoms with Crippen molar-refractivity contribution < 1.29 is 28.2 Å². The lowest BCUT2D eigenvalue weighted by Crippen LogP contribution is -2.31. The van der Waals surface area contributed by atoms with E-state index in [1.165, 1.54) is 17.2 Å². The van der Waals surface area contributed by atoms with Gasteiger partial charge in [0.2, 0.25) is 0 Å². The number of aryl methyl sites for hydroxylation is 1. The molecule has 1 aliphatic heterocycles. The Bertz CT molecular complexity index is 1230. The Morgan fingerprint density at radius 1 is 1.18 bits per heavy atom. The minimum Gasteiger partial charge on any atom is -0.493 e. The number of hydrazone groups is 1. The van der Waals surface area contributed by atoms with Crippen LogP contribution in [0.1, 0.15) is 34.4 Å². The number of hydrogen-bond acceptors (Lipinski definition) is 8. The van der Waals surface area contributed by atoms with Gasteiger partial charge in [-0.15, -0.1) is 11.3 Å². The Balaban J connectivity index is 1.50. The molecule has 0 aliphatic carbocycles. The maximum absolute atomic E-state index is 13.1. The first-order valence-corrected chi connectivity index (χ1v) is 11.4. The Labute approximate surface area is 201 Å². The summed E-state index contributed by atoms with van der Waals surface area (Å²) in [5, 5.41) is 7.91. The largest absolute Gasteiger partial charge is 0.493 e. The number of carbonyl (C=O) groups is 2. The van der Waals surface area contributed by atoms with Gasteiger partial charge in [0, 0.05) is 12.5 Å². The van der Waals surface area contributed by atoms with E-state index in [-0.39, 0.29) is 6.04 Å². The van der Waals surface area contributed by atoms with Crippen LogP contribution in [0.4, 0.5) is 0 Å². The summed E-state index contributed by atoms with van der Waals surface area (Å²) >= 11 is 1.55. The van der Waals surface area contributed by atoms with Crippen molar-refractivity contribution >= 4 is 35.0 Å². The van der Waals surface area contributed by atoms with Crippen LogP contribution < -0.4 is 9.47 Å². The lowest BCUT2D eigenvalue weighted by Gasteiger charge is -2.22. The highest BCUT2D eigenvalue weighted by Gasteiger charge is 2.34. The van der Waals surface area contributed by atoms with E-state index in [0.717, 1.165) is 21.9 Å². The van der Waals surface area contributed by atoms with Crippen molar-refractivity contribution in [3.05, 3.63) is 75.9 Å². The summed E-state index contributed by atoms with van der Waals surface area (Å²) in [6.07, 6.45) is 3.24. The Morgan fingerprint density at radius 2 is 2.00 bits per heavy atom. The highest BCUT2D eigenvalue weighted by Crippen LogP contribution is 2.37. The second kappa shape index (κ2) is 10.4. The van der Waals surface area contributed by atoms with E-state index >= 15 is 0 Å². The minimum absolute atomic E-state index is 0.371. The van der Waals surface area contributed by atoms with Gasteiger partial charge >= 0.3 is 5.97 Å². The van der Waals surface area contributed by atoms with Crippen molar-refractivity contribution in [1.82, 2.24) is 5.01 Å². The molecule has 34 heavy (non-hydrogen) atoms. The molecular weight excluding hydrogens is 456 g/mol. The van der Waals surface area contributed by atoms with Gasteiger partial charge in [0.15, 0.2) is 18.1 Å². The van der Waals surface area contributed by atoms with Crippen molar-refractivity contribution in [3.8, 4) is 11.5 Å². The third kappa shape index (κ3) is 5.20. The van der Waals surface area contributed by atoms with Gasteiger partial charge in [-0.1, -0.05) is 12.1 Å². The molecule has 9 heteroatoms. The first-order chi connectivity index (χ1) is 16.5. The van der Waals surface area contributed by atoms with Crippen molar-refractivity contribution in [2.24, 2.45) is 5.10 Å². The van der Waals surface area contributed by atoms with Crippen molar-refractivity contribution in [2.75, 3.05) is 20.8 Å². The second-order valence-electron chi connectivity index (χ2n) is 7.49. The van der Waals surface area contributed by atoms with Crippen LogP contribution in [0.15, 0.2) is 63.4 Å². The van der Waals surface area contributed by atoms with E-state index < -0.39 is 18.5 Å². The molecule has 0 saturated carbocycles. The summed E-state index contributed by atoms with van der Waals surface area (Å²) in [6.45, 7) is 1.37. The number of amides is 1. The van der Waals surface area contributed by atoms with Gasteiger partial charge in [-0.3, -0.25) is 4.79 Å². The monoisotopic (exact) mass is 480 g/mol. The number of carbonyl (C=O) groups excluding carboxylic acids is 2. The zero-order valence-electron chi connectivity index (χ0n) is 19.0. The van der Waals surface area contributed by atoms with E-state index in [1.54, 1.807) is 43.8 Å². The third-order valence-corrected chi connectivity index (χ3v) is 6.17. The van der Waals surface area contributed by atoms with Gasteiger partial charge in [0.05, 0.1) is 30.9 Å². The maximum atomic E-state index is 13.1. The van der Waals surface area contributed by atoms with Gasteiger partial charge < -0.3 is 18.6 Å². The number of hydrogen-bond donors (Lipinski definition) is 0. The summed E-state index contributed by atoms with van der Waals surface area (Å²) < 4.78 is 21.3. The number of rotatable bonds is 8. The number of esters is 1. The SMILES string of the molecule is COc1ccc(C2CC(c3cccs3)=NN2C(=O)COC(=O)/C=C/c2ccc(C)o2)cc1OC. The number of thiophene rings is 1. The molecule has 1 aliphatic rings. The van der Waals surface area contributed by atoms with Gasteiger partial charge in [0.25, 0.3) is 5.91 Å². The number of nitrogens with zero attached hydrogens (tertiary/aromatic N) is 2. The second-order valence-corrected chi connectivity index (χ2v) is 8.43. The summed E-state index contributed by atoms with van der Waals surface area (Å²) in [5.74, 6) is 1.33. The molecule has 1 unspecified atom stereocenters. The zero-order chi connectivity index (χ0) is 24.1. The summed E-state index contributed by atoms with van der Waals surface area (Å²) in [6, 6.07) is 12.6. The highest BCUT2D eigenvalue weighted by atomic mass is 32.1. The molecule has 3 heterocycles. The quantitative estimate of drug-likeness (QED) is 0.346. The zero-order valence-corrected chi connectivity index (χ0v) is 19.8. The molecule has 3 aromatic rings. The normalized spacial score (nSPS) is 15.4. The minimum atomic E-state index is -0.647. The predicted molar refractivity (Wildman–Crippen MR) is 128 cm³/mol. The molecule has 0 spiro atoms. The Hall–Kier alpha value is -3.85.